The van der Waals surface area contributed by atoms with Crippen molar-refractivity contribution >= 4 is 5.96 Å². The summed E-state index contributed by atoms with van der Waals surface area (Å²) in [5.41, 5.74) is 2.77. The molecule has 28 heavy (non-hydrogen) atoms. The van der Waals surface area contributed by atoms with Gasteiger partial charge >= 0.3 is 0 Å². The average Bonchev–Trinajstić information content (AvgIpc) is 3.18. The molecule has 0 atom stereocenters. The second-order valence-electron chi connectivity index (χ2n) is 7.28. The molecule has 0 aliphatic carbocycles. The highest BCUT2D eigenvalue weighted by atomic mass is 19.1. The van der Waals surface area contributed by atoms with Gasteiger partial charge in [0.15, 0.2) is 5.96 Å². The molecular formula is C22H26FN5. The fraction of sp³-hybridized carbons (Fsp3) is 0.273. The topological polar surface area (TPSA) is 65.1 Å². The Morgan fingerprint density at radius 3 is 2.61 bits per heavy atom. The van der Waals surface area contributed by atoms with Gasteiger partial charge in [-0.3, -0.25) is 4.99 Å². The van der Waals surface area contributed by atoms with Gasteiger partial charge in [-0.15, -0.1) is 0 Å². The second-order valence-corrected chi connectivity index (χ2v) is 7.28. The number of benzene rings is 2. The van der Waals surface area contributed by atoms with Crippen LogP contribution < -0.4 is 10.6 Å². The molecule has 6 heteroatoms. The number of aliphatic imine (C=N–C) groups is 1. The SMILES string of the molecule is CN=C(NCc1ncc(-c2ccccc2)[nH]1)NCC(C)(C)c1cccc(F)c1. The summed E-state index contributed by atoms with van der Waals surface area (Å²) in [5, 5.41) is 6.57. The summed E-state index contributed by atoms with van der Waals surface area (Å²) >= 11 is 0. The van der Waals surface area contributed by atoms with Gasteiger partial charge in [-0.2, -0.15) is 0 Å². The molecule has 5 nitrogen and oxygen atoms in total. The smallest absolute Gasteiger partial charge is 0.191 e. The molecule has 1 heterocycles. The summed E-state index contributed by atoms with van der Waals surface area (Å²) in [6.45, 7) is 5.28. The van der Waals surface area contributed by atoms with Crippen molar-refractivity contribution in [2.45, 2.75) is 25.8 Å². The van der Waals surface area contributed by atoms with Crippen LogP contribution in [0.3, 0.4) is 0 Å². The third-order valence-electron chi connectivity index (χ3n) is 4.66. The van der Waals surface area contributed by atoms with Crippen molar-refractivity contribution in [2.75, 3.05) is 13.6 Å². The molecule has 1 aromatic heterocycles. The number of aromatic nitrogens is 2. The summed E-state index contributed by atoms with van der Waals surface area (Å²) in [7, 11) is 1.72. The summed E-state index contributed by atoms with van der Waals surface area (Å²) in [5.74, 6) is 1.27. The molecule has 3 rings (SSSR count). The molecule has 0 bridgehead atoms. The summed E-state index contributed by atoms with van der Waals surface area (Å²) < 4.78 is 13.5. The highest BCUT2D eigenvalue weighted by Crippen LogP contribution is 2.22. The van der Waals surface area contributed by atoms with Gasteiger partial charge in [-0.25, -0.2) is 9.37 Å². The van der Waals surface area contributed by atoms with Gasteiger partial charge in [-0.05, 0) is 23.3 Å². The zero-order valence-corrected chi connectivity index (χ0v) is 16.5. The number of halogens is 1. The lowest BCUT2D eigenvalue weighted by Crippen LogP contribution is -2.43. The zero-order valence-electron chi connectivity index (χ0n) is 16.5. The van der Waals surface area contributed by atoms with Crippen LogP contribution in [0, 0.1) is 5.82 Å². The number of nitrogens with zero attached hydrogens (tertiary/aromatic N) is 2. The summed E-state index contributed by atoms with van der Waals surface area (Å²) in [6, 6.07) is 16.8. The lowest BCUT2D eigenvalue weighted by Gasteiger charge is -2.26. The first-order chi connectivity index (χ1) is 13.5. The van der Waals surface area contributed by atoms with E-state index in [0.29, 0.717) is 19.0 Å². The number of rotatable bonds is 6. The Hall–Kier alpha value is -3.15. The van der Waals surface area contributed by atoms with Crippen LogP contribution in [0.25, 0.3) is 11.3 Å². The maximum atomic E-state index is 13.5. The molecule has 2 aromatic carbocycles. The highest BCUT2D eigenvalue weighted by molar-refractivity contribution is 5.79. The van der Waals surface area contributed by atoms with E-state index in [4.69, 9.17) is 0 Å². The molecule has 0 saturated carbocycles. The highest BCUT2D eigenvalue weighted by Gasteiger charge is 2.21. The first-order valence-corrected chi connectivity index (χ1v) is 9.28. The number of hydrogen-bond donors (Lipinski definition) is 3. The third-order valence-corrected chi connectivity index (χ3v) is 4.66. The van der Waals surface area contributed by atoms with Crippen molar-refractivity contribution in [1.29, 1.82) is 0 Å². The molecule has 146 valence electrons. The van der Waals surface area contributed by atoms with Crippen LogP contribution in [0.15, 0.2) is 65.8 Å². The number of hydrogen-bond acceptors (Lipinski definition) is 2. The molecular weight excluding hydrogens is 353 g/mol. The van der Waals surface area contributed by atoms with Gasteiger partial charge in [0, 0.05) is 19.0 Å². The number of nitrogens with one attached hydrogen (secondary N) is 3. The Kier molecular flexibility index (Phi) is 6.09. The van der Waals surface area contributed by atoms with E-state index in [1.54, 1.807) is 19.2 Å². The van der Waals surface area contributed by atoms with Gasteiger partial charge < -0.3 is 15.6 Å². The molecule has 0 aliphatic heterocycles. The minimum Gasteiger partial charge on any atom is -0.356 e. The monoisotopic (exact) mass is 379 g/mol. The van der Waals surface area contributed by atoms with Crippen molar-refractivity contribution in [3.63, 3.8) is 0 Å². The van der Waals surface area contributed by atoms with Crippen molar-refractivity contribution in [3.05, 3.63) is 78.0 Å². The maximum absolute atomic E-state index is 13.5. The van der Waals surface area contributed by atoms with Gasteiger partial charge in [0.25, 0.3) is 0 Å². The van der Waals surface area contributed by atoms with Gasteiger partial charge in [-0.1, -0.05) is 56.3 Å². The van der Waals surface area contributed by atoms with Crippen LogP contribution >= 0.6 is 0 Å². The second kappa shape index (κ2) is 8.69. The molecule has 0 aliphatic rings. The van der Waals surface area contributed by atoms with Crippen LogP contribution in [0.5, 0.6) is 0 Å². The fourth-order valence-electron chi connectivity index (χ4n) is 2.92. The lowest BCUT2D eigenvalue weighted by atomic mass is 9.84. The van der Waals surface area contributed by atoms with Crippen molar-refractivity contribution in [2.24, 2.45) is 4.99 Å². The number of H-pyrrole nitrogens is 1. The molecule has 0 radical (unpaired) electrons. The van der Waals surface area contributed by atoms with E-state index < -0.39 is 0 Å². The Balaban J connectivity index is 1.56. The van der Waals surface area contributed by atoms with E-state index in [0.717, 1.165) is 22.6 Å². The van der Waals surface area contributed by atoms with Crippen LogP contribution in [0.1, 0.15) is 25.2 Å². The van der Waals surface area contributed by atoms with E-state index >= 15 is 0 Å². The standard InChI is InChI=1S/C22H26FN5/c1-22(2,17-10-7-11-18(23)12-17)15-27-21(24-3)26-14-20-25-13-19(28-20)16-8-5-4-6-9-16/h4-13H,14-15H2,1-3H3,(H,25,28)(H2,24,26,27). The van der Waals surface area contributed by atoms with E-state index in [1.807, 2.05) is 42.6 Å². The Labute approximate surface area is 165 Å². The predicted octanol–water partition coefficient (Wildman–Crippen LogP) is 3.86. The van der Waals surface area contributed by atoms with Crippen LogP contribution in [0.2, 0.25) is 0 Å². The summed E-state index contributed by atoms with van der Waals surface area (Å²) in [4.78, 5) is 12.0. The Morgan fingerprint density at radius 1 is 1.11 bits per heavy atom. The Bertz CT molecular complexity index is 931. The van der Waals surface area contributed by atoms with E-state index in [1.165, 1.54) is 6.07 Å². The normalized spacial score (nSPS) is 12.1. The average molecular weight is 379 g/mol. The van der Waals surface area contributed by atoms with E-state index in [9.17, 15) is 4.39 Å². The van der Waals surface area contributed by atoms with Gasteiger partial charge in [0.1, 0.15) is 11.6 Å². The van der Waals surface area contributed by atoms with E-state index in [-0.39, 0.29) is 11.2 Å². The van der Waals surface area contributed by atoms with Crippen molar-refractivity contribution < 1.29 is 4.39 Å². The lowest BCUT2D eigenvalue weighted by molar-refractivity contribution is 0.503. The molecule has 3 aromatic rings. The molecule has 0 saturated heterocycles. The van der Waals surface area contributed by atoms with E-state index in [2.05, 4.69) is 39.4 Å². The minimum absolute atomic E-state index is 0.222. The van der Waals surface area contributed by atoms with Crippen molar-refractivity contribution in [1.82, 2.24) is 20.6 Å². The van der Waals surface area contributed by atoms with Crippen LogP contribution in [-0.4, -0.2) is 29.5 Å². The van der Waals surface area contributed by atoms with Gasteiger partial charge in [0.2, 0.25) is 0 Å². The molecule has 0 spiro atoms. The number of aromatic amines is 1. The minimum atomic E-state index is -0.245. The third kappa shape index (κ3) is 4.97. The quantitative estimate of drug-likeness (QED) is 0.450. The first kappa shape index (κ1) is 19.6. The predicted molar refractivity (Wildman–Crippen MR) is 112 cm³/mol. The summed E-state index contributed by atoms with van der Waals surface area (Å²) in [6.07, 6.45) is 1.83. The number of guanidine groups is 1. The largest absolute Gasteiger partial charge is 0.356 e. The van der Waals surface area contributed by atoms with Crippen molar-refractivity contribution in [3.8, 4) is 11.3 Å². The maximum Gasteiger partial charge on any atom is 0.191 e. The molecule has 3 N–H and O–H groups in total. The fourth-order valence-corrected chi connectivity index (χ4v) is 2.92. The molecule has 0 fully saturated rings. The molecule has 0 unspecified atom stereocenters. The first-order valence-electron chi connectivity index (χ1n) is 9.28. The Morgan fingerprint density at radius 2 is 1.89 bits per heavy atom. The van der Waals surface area contributed by atoms with Crippen LogP contribution in [-0.2, 0) is 12.0 Å². The van der Waals surface area contributed by atoms with Gasteiger partial charge in [0.05, 0.1) is 18.4 Å². The van der Waals surface area contributed by atoms with Crippen LogP contribution in [0.4, 0.5) is 4.39 Å². The zero-order chi connectivity index (χ0) is 20.0. The number of imidazole rings is 1. The molecule has 0 amide bonds.